The largest absolute Gasteiger partial charge is 0.348 e. The van der Waals surface area contributed by atoms with Gasteiger partial charge in [0.05, 0.1) is 22.8 Å². The summed E-state index contributed by atoms with van der Waals surface area (Å²) in [7, 11) is -3.03. The smallest absolute Gasteiger partial charge is 0.253 e. The van der Waals surface area contributed by atoms with Crippen LogP contribution in [0.2, 0.25) is 0 Å². The molecule has 1 atom stereocenters. The Labute approximate surface area is 121 Å². The van der Waals surface area contributed by atoms with Crippen molar-refractivity contribution in [2.24, 2.45) is 0 Å². The molecule has 3 rings (SSSR count). The molecule has 0 bridgehead atoms. The van der Waals surface area contributed by atoms with Crippen molar-refractivity contribution in [3.8, 4) is 5.69 Å². The maximum Gasteiger partial charge on any atom is 0.253 e. The summed E-state index contributed by atoms with van der Waals surface area (Å²) in [5, 5.41) is 13.6. The normalized spacial score (nSPS) is 20.3. The van der Waals surface area contributed by atoms with E-state index in [1.807, 2.05) is 0 Å². The molecular formula is C12H13N5O3S. The number of carbonyl (C=O) groups is 1. The van der Waals surface area contributed by atoms with Crippen LogP contribution in [-0.2, 0) is 9.84 Å². The molecule has 110 valence electrons. The average molecular weight is 307 g/mol. The molecule has 0 aliphatic carbocycles. The Hall–Kier alpha value is -2.29. The molecule has 0 radical (unpaired) electrons. The lowest BCUT2D eigenvalue weighted by atomic mass is 10.1. The van der Waals surface area contributed by atoms with Gasteiger partial charge in [-0.1, -0.05) is 12.1 Å². The first-order valence-corrected chi connectivity index (χ1v) is 8.21. The van der Waals surface area contributed by atoms with Crippen LogP contribution in [-0.4, -0.2) is 52.1 Å². The van der Waals surface area contributed by atoms with Gasteiger partial charge in [-0.15, -0.1) is 5.10 Å². The minimum absolute atomic E-state index is 0.00815. The second-order valence-corrected chi connectivity index (χ2v) is 7.07. The van der Waals surface area contributed by atoms with Crippen LogP contribution in [0.4, 0.5) is 0 Å². The Kier molecular flexibility index (Phi) is 3.42. The zero-order valence-electron chi connectivity index (χ0n) is 11.0. The fraction of sp³-hybridized carbons (Fsp3) is 0.333. The third-order valence-corrected chi connectivity index (χ3v) is 5.08. The number of hydrogen-bond donors (Lipinski definition) is 1. The maximum atomic E-state index is 12.3. The predicted molar refractivity (Wildman–Crippen MR) is 73.7 cm³/mol. The molecule has 2 heterocycles. The Morgan fingerprint density at radius 3 is 2.81 bits per heavy atom. The maximum absolute atomic E-state index is 12.3. The summed E-state index contributed by atoms with van der Waals surface area (Å²) in [6, 6.07) is 6.53. The van der Waals surface area contributed by atoms with E-state index in [1.165, 1.54) is 11.0 Å². The molecule has 1 amide bonds. The van der Waals surface area contributed by atoms with E-state index in [-0.39, 0.29) is 23.5 Å². The summed E-state index contributed by atoms with van der Waals surface area (Å²) in [6.07, 6.45) is 1.84. The van der Waals surface area contributed by atoms with Crippen molar-refractivity contribution in [1.82, 2.24) is 25.5 Å². The molecule has 1 aromatic heterocycles. The number of para-hydroxylation sites is 1. The summed E-state index contributed by atoms with van der Waals surface area (Å²) in [6.45, 7) is 0. The third kappa shape index (κ3) is 2.92. The first kappa shape index (κ1) is 13.7. The van der Waals surface area contributed by atoms with Gasteiger partial charge in [-0.2, -0.15) is 4.68 Å². The molecule has 9 heteroatoms. The number of amides is 1. The van der Waals surface area contributed by atoms with Crippen molar-refractivity contribution < 1.29 is 13.2 Å². The molecule has 8 nitrogen and oxygen atoms in total. The summed E-state index contributed by atoms with van der Waals surface area (Å²) in [5.41, 5.74) is 0.940. The second-order valence-electron chi connectivity index (χ2n) is 4.84. The highest BCUT2D eigenvalue weighted by Crippen LogP contribution is 2.15. The van der Waals surface area contributed by atoms with Gasteiger partial charge in [0, 0.05) is 6.04 Å². The Morgan fingerprint density at radius 2 is 2.14 bits per heavy atom. The zero-order chi connectivity index (χ0) is 14.9. The van der Waals surface area contributed by atoms with E-state index in [0.29, 0.717) is 17.7 Å². The van der Waals surface area contributed by atoms with Crippen molar-refractivity contribution in [1.29, 1.82) is 0 Å². The first-order chi connectivity index (χ1) is 10.1. The Bertz CT molecular complexity index is 757. The van der Waals surface area contributed by atoms with E-state index in [2.05, 4.69) is 20.8 Å². The van der Waals surface area contributed by atoms with Crippen LogP contribution >= 0.6 is 0 Å². The topological polar surface area (TPSA) is 107 Å². The summed E-state index contributed by atoms with van der Waals surface area (Å²) < 4.78 is 24.3. The SMILES string of the molecule is O=C(N[C@@H]1CCS(=O)(=O)C1)c1ccccc1-n1cnnn1. The lowest BCUT2D eigenvalue weighted by Crippen LogP contribution is -2.36. The van der Waals surface area contributed by atoms with Crippen molar-refractivity contribution in [2.45, 2.75) is 12.5 Å². The van der Waals surface area contributed by atoms with Crippen molar-refractivity contribution in [3.63, 3.8) is 0 Å². The van der Waals surface area contributed by atoms with Crippen LogP contribution in [0.3, 0.4) is 0 Å². The summed E-state index contributed by atoms with van der Waals surface area (Å²) >= 11 is 0. The van der Waals surface area contributed by atoms with E-state index < -0.39 is 9.84 Å². The molecule has 1 N–H and O–H groups in total. The van der Waals surface area contributed by atoms with Crippen LogP contribution in [0, 0.1) is 0 Å². The van der Waals surface area contributed by atoms with Crippen LogP contribution in [0.5, 0.6) is 0 Å². The molecule has 1 saturated heterocycles. The fourth-order valence-electron chi connectivity index (χ4n) is 2.31. The number of nitrogens with one attached hydrogen (secondary N) is 1. The van der Waals surface area contributed by atoms with Gasteiger partial charge in [0.2, 0.25) is 0 Å². The van der Waals surface area contributed by atoms with Gasteiger partial charge in [-0.25, -0.2) is 8.42 Å². The van der Waals surface area contributed by atoms with Gasteiger partial charge in [-0.05, 0) is 29.0 Å². The molecule has 0 spiro atoms. The summed E-state index contributed by atoms with van der Waals surface area (Å²) in [5.74, 6) is -0.221. The van der Waals surface area contributed by atoms with E-state index >= 15 is 0 Å². The highest BCUT2D eigenvalue weighted by atomic mass is 32.2. The standard InChI is InChI=1S/C12H13N5O3S/c18-12(14-9-5-6-21(19,20)7-9)10-3-1-2-4-11(10)17-8-13-15-16-17/h1-4,8-9H,5-7H2,(H,14,18)/t9-/m1/s1. The molecule has 1 aliphatic rings. The molecular weight excluding hydrogens is 294 g/mol. The molecule has 1 fully saturated rings. The minimum atomic E-state index is -3.03. The van der Waals surface area contributed by atoms with Gasteiger partial charge < -0.3 is 5.32 Å². The van der Waals surface area contributed by atoms with Crippen molar-refractivity contribution >= 4 is 15.7 Å². The van der Waals surface area contributed by atoms with Gasteiger partial charge in [0.25, 0.3) is 5.91 Å². The highest BCUT2D eigenvalue weighted by Gasteiger charge is 2.29. The van der Waals surface area contributed by atoms with Crippen LogP contribution in [0.1, 0.15) is 16.8 Å². The van der Waals surface area contributed by atoms with Gasteiger partial charge in [0.1, 0.15) is 6.33 Å². The molecule has 21 heavy (non-hydrogen) atoms. The second kappa shape index (κ2) is 5.24. The van der Waals surface area contributed by atoms with Crippen molar-refractivity contribution in [3.05, 3.63) is 36.2 Å². The van der Waals surface area contributed by atoms with E-state index in [4.69, 9.17) is 0 Å². The molecule has 2 aromatic rings. The number of sulfone groups is 1. The fourth-order valence-corrected chi connectivity index (χ4v) is 3.98. The predicted octanol–water partition coefficient (Wildman–Crippen LogP) is -0.421. The van der Waals surface area contributed by atoms with Crippen LogP contribution in [0.25, 0.3) is 5.69 Å². The lowest BCUT2D eigenvalue weighted by Gasteiger charge is -2.13. The van der Waals surface area contributed by atoms with Crippen LogP contribution in [0.15, 0.2) is 30.6 Å². The van der Waals surface area contributed by atoms with Crippen molar-refractivity contribution in [2.75, 3.05) is 11.5 Å². The first-order valence-electron chi connectivity index (χ1n) is 6.39. The molecule has 1 aliphatic heterocycles. The van der Waals surface area contributed by atoms with Gasteiger partial charge in [0.15, 0.2) is 9.84 Å². The molecule has 0 unspecified atom stereocenters. The number of rotatable bonds is 3. The Balaban J connectivity index is 1.83. The average Bonchev–Trinajstić information content (AvgIpc) is 3.08. The lowest BCUT2D eigenvalue weighted by molar-refractivity contribution is 0.0941. The number of aromatic nitrogens is 4. The number of tetrazole rings is 1. The van der Waals surface area contributed by atoms with Gasteiger partial charge in [-0.3, -0.25) is 4.79 Å². The molecule has 1 aromatic carbocycles. The number of benzene rings is 1. The monoisotopic (exact) mass is 307 g/mol. The third-order valence-electron chi connectivity index (χ3n) is 3.31. The van der Waals surface area contributed by atoms with E-state index in [1.54, 1.807) is 24.3 Å². The quantitative estimate of drug-likeness (QED) is 0.825. The summed E-state index contributed by atoms with van der Waals surface area (Å²) in [4.78, 5) is 12.3. The van der Waals surface area contributed by atoms with Gasteiger partial charge >= 0.3 is 0 Å². The minimum Gasteiger partial charge on any atom is -0.348 e. The van der Waals surface area contributed by atoms with Crippen LogP contribution < -0.4 is 5.32 Å². The molecule has 0 saturated carbocycles. The number of nitrogens with zero attached hydrogens (tertiary/aromatic N) is 4. The number of carbonyl (C=O) groups excluding carboxylic acids is 1. The van der Waals surface area contributed by atoms with E-state index in [9.17, 15) is 13.2 Å². The highest BCUT2D eigenvalue weighted by molar-refractivity contribution is 7.91. The number of hydrogen-bond acceptors (Lipinski definition) is 6. The Morgan fingerprint density at radius 1 is 1.33 bits per heavy atom. The zero-order valence-corrected chi connectivity index (χ0v) is 11.8. The van der Waals surface area contributed by atoms with E-state index in [0.717, 1.165) is 0 Å².